The van der Waals surface area contributed by atoms with E-state index < -0.39 is 5.97 Å². The zero-order valence-electron chi connectivity index (χ0n) is 9.84. The van der Waals surface area contributed by atoms with Gasteiger partial charge >= 0.3 is 5.97 Å². The molecule has 0 amide bonds. The molecule has 0 fully saturated rings. The number of esters is 1. The maximum Gasteiger partial charge on any atom is 0.360 e. The highest BCUT2D eigenvalue weighted by molar-refractivity contribution is 7.19. The van der Waals surface area contributed by atoms with Crippen LogP contribution in [0.3, 0.4) is 0 Å². The van der Waals surface area contributed by atoms with Gasteiger partial charge in [-0.05, 0) is 19.1 Å². The van der Waals surface area contributed by atoms with Gasteiger partial charge in [-0.25, -0.2) is 9.78 Å². The Hall–Kier alpha value is -2.08. The van der Waals surface area contributed by atoms with Crippen LogP contribution < -0.4 is 11.1 Å². The molecule has 0 saturated heterocycles. The molecule has 2 rings (SSSR count). The fourth-order valence-corrected chi connectivity index (χ4v) is 2.12. The van der Waals surface area contributed by atoms with Crippen LogP contribution in [0.1, 0.15) is 17.4 Å². The monoisotopic (exact) mass is 263 g/mol. The maximum atomic E-state index is 11.5. The van der Waals surface area contributed by atoms with Crippen LogP contribution in [0.2, 0.25) is 0 Å². The lowest BCUT2D eigenvalue weighted by atomic mass is 10.3. The lowest BCUT2D eigenvalue weighted by Crippen LogP contribution is -2.07. The summed E-state index contributed by atoms with van der Waals surface area (Å²) < 4.78 is 4.87. The van der Waals surface area contributed by atoms with E-state index in [4.69, 9.17) is 10.5 Å². The van der Waals surface area contributed by atoms with Gasteiger partial charge in [0.2, 0.25) is 0 Å². The maximum absolute atomic E-state index is 11.5. The Kier molecular flexibility index (Phi) is 3.78. The number of benzene rings is 1. The van der Waals surface area contributed by atoms with E-state index in [1.165, 1.54) is 11.3 Å². The van der Waals surface area contributed by atoms with Gasteiger partial charge in [-0.3, -0.25) is 0 Å². The third kappa shape index (κ3) is 2.78. The molecule has 2 aromatic rings. The van der Waals surface area contributed by atoms with E-state index in [-0.39, 0.29) is 5.69 Å². The van der Waals surface area contributed by atoms with Crippen LogP contribution in [0.4, 0.5) is 15.8 Å². The normalized spacial score (nSPS) is 10.1. The molecule has 0 radical (unpaired) electrons. The summed E-state index contributed by atoms with van der Waals surface area (Å²) in [7, 11) is 0. The summed E-state index contributed by atoms with van der Waals surface area (Å²) in [6, 6.07) is 9.55. The molecule has 1 aromatic carbocycles. The third-order valence-corrected chi connectivity index (χ3v) is 2.95. The number of anilines is 3. The zero-order chi connectivity index (χ0) is 13.0. The van der Waals surface area contributed by atoms with Gasteiger partial charge < -0.3 is 15.8 Å². The molecule has 0 aliphatic heterocycles. The molecule has 0 aliphatic rings. The summed E-state index contributed by atoms with van der Waals surface area (Å²) in [4.78, 5) is 15.7. The number of rotatable bonds is 4. The van der Waals surface area contributed by atoms with Gasteiger partial charge in [-0.15, -0.1) is 0 Å². The number of hydrogen-bond acceptors (Lipinski definition) is 6. The summed E-state index contributed by atoms with van der Waals surface area (Å²) in [5, 5.41) is 4.01. The molecule has 1 aromatic heterocycles. The molecule has 0 spiro atoms. The molecule has 18 heavy (non-hydrogen) atoms. The van der Waals surface area contributed by atoms with Crippen molar-refractivity contribution in [1.82, 2.24) is 4.98 Å². The number of thiazole rings is 1. The number of para-hydroxylation sites is 1. The SMILES string of the molecule is CCOC(=O)c1nc(Nc2ccccc2)sc1N. The van der Waals surface area contributed by atoms with Crippen molar-refractivity contribution >= 4 is 33.1 Å². The minimum atomic E-state index is -0.493. The summed E-state index contributed by atoms with van der Waals surface area (Å²) in [5.74, 6) is -0.493. The first-order chi connectivity index (χ1) is 8.70. The van der Waals surface area contributed by atoms with Crippen molar-refractivity contribution in [2.45, 2.75) is 6.92 Å². The highest BCUT2D eigenvalue weighted by atomic mass is 32.1. The van der Waals surface area contributed by atoms with Crippen LogP contribution in [-0.2, 0) is 4.74 Å². The van der Waals surface area contributed by atoms with Crippen LogP contribution in [0.15, 0.2) is 30.3 Å². The highest BCUT2D eigenvalue weighted by Gasteiger charge is 2.17. The molecule has 3 N–H and O–H groups in total. The summed E-state index contributed by atoms with van der Waals surface area (Å²) in [6.45, 7) is 2.04. The molecule has 1 heterocycles. The fraction of sp³-hybridized carbons (Fsp3) is 0.167. The number of nitrogens with zero attached hydrogens (tertiary/aromatic N) is 1. The summed E-state index contributed by atoms with van der Waals surface area (Å²) >= 11 is 1.22. The molecule has 0 aliphatic carbocycles. The van der Waals surface area contributed by atoms with E-state index >= 15 is 0 Å². The average molecular weight is 263 g/mol. The Morgan fingerprint density at radius 3 is 2.83 bits per heavy atom. The van der Waals surface area contributed by atoms with E-state index in [2.05, 4.69) is 10.3 Å². The number of carbonyl (C=O) groups excluding carboxylic acids is 1. The predicted molar refractivity (Wildman–Crippen MR) is 72.2 cm³/mol. The van der Waals surface area contributed by atoms with Crippen molar-refractivity contribution < 1.29 is 9.53 Å². The van der Waals surface area contributed by atoms with Crippen LogP contribution >= 0.6 is 11.3 Å². The number of nitrogen functional groups attached to an aromatic ring is 1. The largest absolute Gasteiger partial charge is 0.461 e. The van der Waals surface area contributed by atoms with Crippen molar-refractivity contribution in [3.8, 4) is 0 Å². The van der Waals surface area contributed by atoms with Crippen LogP contribution in [-0.4, -0.2) is 17.6 Å². The smallest absolute Gasteiger partial charge is 0.360 e. The van der Waals surface area contributed by atoms with Crippen molar-refractivity contribution in [1.29, 1.82) is 0 Å². The Labute approximate surface area is 109 Å². The lowest BCUT2D eigenvalue weighted by molar-refractivity contribution is 0.0522. The topological polar surface area (TPSA) is 77.2 Å². The number of carbonyl (C=O) groups is 1. The second-order valence-corrected chi connectivity index (χ2v) is 4.47. The lowest BCUT2D eigenvalue weighted by Gasteiger charge is -2.00. The van der Waals surface area contributed by atoms with E-state index in [1.807, 2.05) is 30.3 Å². The first-order valence-electron chi connectivity index (χ1n) is 5.46. The first-order valence-corrected chi connectivity index (χ1v) is 6.28. The Bertz CT molecular complexity index is 540. The van der Waals surface area contributed by atoms with E-state index in [0.717, 1.165) is 5.69 Å². The van der Waals surface area contributed by atoms with Crippen molar-refractivity contribution in [3.63, 3.8) is 0 Å². The number of ether oxygens (including phenoxy) is 1. The average Bonchev–Trinajstić information content (AvgIpc) is 2.72. The fourth-order valence-electron chi connectivity index (χ4n) is 1.38. The van der Waals surface area contributed by atoms with Crippen molar-refractivity contribution in [3.05, 3.63) is 36.0 Å². The van der Waals surface area contributed by atoms with Gasteiger partial charge in [0, 0.05) is 5.69 Å². The standard InChI is InChI=1S/C12H13N3O2S/c1-2-17-11(16)9-10(13)18-12(15-9)14-8-6-4-3-5-7-8/h3-7H,2,13H2,1H3,(H,14,15). The number of aromatic nitrogens is 1. The molecule has 0 unspecified atom stereocenters. The Morgan fingerprint density at radius 2 is 2.17 bits per heavy atom. The Morgan fingerprint density at radius 1 is 1.44 bits per heavy atom. The zero-order valence-corrected chi connectivity index (χ0v) is 10.7. The minimum absolute atomic E-state index is 0.167. The number of nitrogens with two attached hydrogens (primary N) is 1. The molecule has 5 nitrogen and oxygen atoms in total. The van der Waals surface area contributed by atoms with Gasteiger partial charge in [0.15, 0.2) is 10.8 Å². The van der Waals surface area contributed by atoms with E-state index in [0.29, 0.717) is 16.7 Å². The predicted octanol–water partition coefficient (Wildman–Crippen LogP) is 2.65. The highest BCUT2D eigenvalue weighted by Crippen LogP contribution is 2.28. The van der Waals surface area contributed by atoms with Gasteiger partial charge in [0.05, 0.1) is 6.61 Å². The number of nitrogens with one attached hydrogen (secondary N) is 1. The molecule has 0 saturated carbocycles. The quantitative estimate of drug-likeness (QED) is 0.829. The van der Waals surface area contributed by atoms with Gasteiger partial charge in [0.25, 0.3) is 0 Å². The van der Waals surface area contributed by atoms with E-state index in [1.54, 1.807) is 6.92 Å². The summed E-state index contributed by atoms with van der Waals surface area (Å²) in [6.07, 6.45) is 0. The molecular formula is C12H13N3O2S. The van der Waals surface area contributed by atoms with Crippen LogP contribution in [0, 0.1) is 0 Å². The van der Waals surface area contributed by atoms with Gasteiger partial charge in [-0.1, -0.05) is 29.5 Å². The first kappa shape index (κ1) is 12.4. The van der Waals surface area contributed by atoms with Crippen LogP contribution in [0.25, 0.3) is 0 Å². The molecule has 94 valence electrons. The Balaban J connectivity index is 2.16. The second-order valence-electron chi connectivity index (χ2n) is 3.44. The van der Waals surface area contributed by atoms with Crippen molar-refractivity contribution in [2.75, 3.05) is 17.7 Å². The molecule has 0 atom stereocenters. The second kappa shape index (κ2) is 5.50. The molecular weight excluding hydrogens is 250 g/mol. The minimum Gasteiger partial charge on any atom is -0.461 e. The van der Waals surface area contributed by atoms with E-state index in [9.17, 15) is 4.79 Å². The molecule has 6 heteroatoms. The summed E-state index contributed by atoms with van der Waals surface area (Å²) in [5.41, 5.74) is 6.80. The number of hydrogen-bond donors (Lipinski definition) is 2. The van der Waals surface area contributed by atoms with Gasteiger partial charge in [-0.2, -0.15) is 0 Å². The van der Waals surface area contributed by atoms with Crippen molar-refractivity contribution in [2.24, 2.45) is 0 Å². The molecule has 0 bridgehead atoms. The van der Waals surface area contributed by atoms with Crippen LogP contribution in [0.5, 0.6) is 0 Å². The third-order valence-electron chi connectivity index (χ3n) is 2.15. The van der Waals surface area contributed by atoms with Gasteiger partial charge in [0.1, 0.15) is 5.00 Å².